The summed E-state index contributed by atoms with van der Waals surface area (Å²) < 4.78 is 71.9. The van der Waals surface area contributed by atoms with Gasteiger partial charge in [-0.1, -0.05) is 27.7 Å². The van der Waals surface area contributed by atoms with Gasteiger partial charge in [0, 0.05) is 11.8 Å². The number of carbonyl (C=O) groups is 3. The van der Waals surface area contributed by atoms with Crippen molar-refractivity contribution in [3.63, 3.8) is 0 Å². The number of esters is 1. The molecule has 2 rings (SSSR count). The van der Waals surface area contributed by atoms with E-state index >= 15 is 0 Å². The number of anilines is 1. The molecular weight excluding hydrogens is 453 g/mol. The van der Waals surface area contributed by atoms with E-state index in [1.54, 1.807) is 0 Å². The van der Waals surface area contributed by atoms with Crippen LogP contribution in [0.15, 0.2) is 24.4 Å². The van der Waals surface area contributed by atoms with E-state index in [1.807, 2.05) is 33.0 Å². The van der Waals surface area contributed by atoms with Gasteiger partial charge >= 0.3 is 12.1 Å². The molecule has 3 N–H and O–H groups in total. The Bertz CT molecular complexity index is 972. The summed E-state index contributed by atoms with van der Waals surface area (Å²) in [6.45, 7) is 8.69. The highest BCUT2D eigenvalue weighted by Gasteiger charge is 2.32. The number of benzene rings is 1. The molecule has 0 saturated heterocycles. The molecule has 2 amide bonds. The minimum atomic E-state index is -4.91. The Labute approximate surface area is 187 Å². The SMILES string of the molecule is CC.CC.CCOC(=O)c1c(F)c(NC(=O)c2cc(F)cc(C(F)(F)F)c2)cn1CC(N)=O. The Morgan fingerprint density at radius 1 is 1.06 bits per heavy atom. The summed E-state index contributed by atoms with van der Waals surface area (Å²) in [4.78, 5) is 35.2. The highest BCUT2D eigenvalue weighted by Crippen LogP contribution is 2.31. The normalized spacial score (nSPS) is 10.2. The van der Waals surface area contributed by atoms with Gasteiger partial charge < -0.3 is 20.4 Å². The van der Waals surface area contributed by atoms with Crippen molar-refractivity contribution < 1.29 is 41.1 Å². The molecule has 7 nitrogen and oxygen atoms in total. The number of ether oxygens (including phenoxy) is 1. The van der Waals surface area contributed by atoms with Crippen LogP contribution in [0.5, 0.6) is 0 Å². The molecule has 0 fully saturated rings. The zero-order chi connectivity index (χ0) is 25.9. The Hall–Kier alpha value is -3.44. The molecule has 0 unspecified atom stereocenters. The van der Waals surface area contributed by atoms with Crippen molar-refractivity contribution in [3.8, 4) is 0 Å². The molecule has 1 aromatic carbocycles. The van der Waals surface area contributed by atoms with Gasteiger partial charge in [-0.05, 0) is 25.1 Å². The first kappa shape index (κ1) is 29.6. The van der Waals surface area contributed by atoms with Gasteiger partial charge in [0.1, 0.15) is 12.4 Å². The number of primary amides is 1. The van der Waals surface area contributed by atoms with E-state index in [1.165, 1.54) is 6.92 Å². The summed E-state index contributed by atoms with van der Waals surface area (Å²) in [6.07, 6.45) is -4.07. The van der Waals surface area contributed by atoms with Gasteiger partial charge in [-0.15, -0.1) is 0 Å². The molecule has 12 heteroatoms. The zero-order valence-corrected chi connectivity index (χ0v) is 18.8. The molecule has 0 bridgehead atoms. The van der Waals surface area contributed by atoms with Gasteiger partial charge in [0.25, 0.3) is 5.91 Å². The van der Waals surface area contributed by atoms with Crippen LogP contribution in [0.3, 0.4) is 0 Å². The van der Waals surface area contributed by atoms with Crippen LogP contribution in [-0.4, -0.2) is 29.0 Å². The average molecular weight is 479 g/mol. The highest BCUT2D eigenvalue weighted by atomic mass is 19.4. The minimum Gasteiger partial charge on any atom is -0.461 e. The maximum atomic E-state index is 14.6. The number of nitrogens with zero attached hydrogens (tertiary/aromatic N) is 1. The monoisotopic (exact) mass is 479 g/mol. The van der Waals surface area contributed by atoms with Crippen LogP contribution in [0.4, 0.5) is 27.6 Å². The molecule has 0 aliphatic rings. The highest BCUT2D eigenvalue weighted by molar-refractivity contribution is 6.05. The molecule has 0 spiro atoms. The van der Waals surface area contributed by atoms with E-state index < -0.39 is 64.6 Å². The van der Waals surface area contributed by atoms with Crippen molar-refractivity contribution >= 4 is 23.5 Å². The number of alkyl halides is 3. The standard InChI is InChI=1S/C17H14F5N3O4.2C2H6/c1-2-29-16(28)14-13(19)11(6-25(14)7-12(23)26)24-15(27)8-3-9(17(20,21)22)5-10(18)4-8;2*1-2/h3-6H,2,7H2,1H3,(H2,23,26)(H,24,27);2*1-2H3. The lowest BCUT2D eigenvalue weighted by Crippen LogP contribution is -2.22. The molecule has 1 heterocycles. The number of hydrogen-bond acceptors (Lipinski definition) is 4. The average Bonchev–Trinajstić information content (AvgIpc) is 3.04. The number of hydrogen-bond donors (Lipinski definition) is 2. The number of rotatable bonds is 6. The maximum Gasteiger partial charge on any atom is 0.416 e. The third kappa shape index (κ3) is 8.20. The van der Waals surface area contributed by atoms with E-state index in [9.17, 15) is 36.3 Å². The Balaban J connectivity index is 0.00000242. The van der Waals surface area contributed by atoms with Crippen LogP contribution in [0.25, 0.3) is 0 Å². The quantitative estimate of drug-likeness (QED) is 0.461. The lowest BCUT2D eigenvalue weighted by atomic mass is 10.1. The van der Waals surface area contributed by atoms with Gasteiger partial charge in [0.2, 0.25) is 5.91 Å². The Morgan fingerprint density at radius 3 is 2.12 bits per heavy atom. The van der Waals surface area contributed by atoms with Crippen molar-refractivity contribution in [2.24, 2.45) is 5.73 Å². The maximum absolute atomic E-state index is 14.6. The minimum absolute atomic E-state index is 0.120. The second kappa shape index (κ2) is 13.2. The molecular formula is C21H26F5N3O4. The lowest BCUT2D eigenvalue weighted by Gasteiger charge is -2.09. The van der Waals surface area contributed by atoms with Crippen molar-refractivity contribution in [3.05, 3.63) is 52.9 Å². The lowest BCUT2D eigenvalue weighted by molar-refractivity contribution is -0.137. The van der Waals surface area contributed by atoms with Gasteiger partial charge in [-0.2, -0.15) is 13.2 Å². The molecule has 0 radical (unpaired) electrons. The zero-order valence-electron chi connectivity index (χ0n) is 18.8. The summed E-state index contributed by atoms with van der Waals surface area (Å²) in [5.74, 6) is -6.00. The second-order valence-electron chi connectivity index (χ2n) is 5.70. The first-order valence-corrected chi connectivity index (χ1v) is 9.97. The van der Waals surface area contributed by atoms with Gasteiger partial charge in [0.15, 0.2) is 11.5 Å². The van der Waals surface area contributed by atoms with Crippen LogP contribution in [0.2, 0.25) is 0 Å². The molecule has 0 aliphatic heterocycles. The molecule has 184 valence electrons. The van der Waals surface area contributed by atoms with Crippen molar-refractivity contribution in [2.45, 2.75) is 47.3 Å². The van der Waals surface area contributed by atoms with Crippen molar-refractivity contribution in [1.29, 1.82) is 0 Å². The molecule has 0 atom stereocenters. The summed E-state index contributed by atoms with van der Waals surface area (Å²) >= 11 is 0. The van der Waals surface area contributed by atoms with Gasteiger partial charge in [-0.25, -0.2) is 13.6 Å². The Morgan fingerprint density at radius 2 is 1.64 bits per heavy atom. The van der Waals surface area contributed by atoms with Crippen LogP contribution >= 0.6 is 0 Å². The van der Waals surface area contributed by atoms with Gasteiger partial charge in [-0.3, -0.25) is 9.59 Å². The van der Waals surface area contributed by atoms with Gasteiger partial charge in [0.05, 0.1) is 17.9 Å². The molecule has 0 aliphatic carbocycles. The third-order valence-electron chi connectivity index (χ3n) is 3.55. The first-order valence-electron chi connectivity index (χ1n) is 9.97. The van der Waals surface area contributed by atoms with E-state index in [0.717, 1.165) is 10.8 Å². The summed E-state index contributed by atoms with van der Waals surface area (Å²) in [5, 5.41) is 1.93. The second-order valence-corrected chi connectivity index (χ2v) is 5.70. The predicted molar refractivity (Wildman–Crippen MR) is 112 cm³/mol. The smallest absolute Gasteiger partial charge is 0.416 e. The number of aromatic nitrogens is 1. The number of carbonyl (C=O) groups excluding carboxylic acids is 3. The molecule has 1 aromatic heterocycles. The molecule has 2 aromatic rings. The van der Waals surface area contributed by atoms with E-state index in [2.05, 4.69) is 4.74 Å². The third-order valence-corrected chi connectivity index (χ3v) is 3.55. The fourth-order valence-electron chi connectivity index (χ4n) is 2.40. The number of amides is 2. The van der Waals surface area contributed by atoms with Crippen LogP contribution in [0.1, 0.15) is 61.0 Å². The van der Waals surface area contributed by atoms with E-state index in [-0.39, 0.29) is 12.7 Å². The number of nitrogens with one attached hydrogen (secondary N) is 1. The summed E-state index contributed by atoms with van der Waals surface area (Å²) in [7, 11) is 0. The summed E-state index contributed by atoms with van der Waals surface area (Å²) in [6, 6.07) is 1.09. The first-order chi connectivity index (χ1) is 15.4. The molecule has 0 saturated carbocycles. The number of halogens is 5. The fourth-order valence-corrected chi connectivity index (χ4v) is 2.40. The van der Waals surface area contributed by atoms with Crippen molar-refractivity contribution in [1.82, 2.24) is 4.57 Å². The van der Waals surface area contributed by atoms with E-state index in [4.69, 9.17) is 5.73 Å². The van der Waals surface area contributed by atoms with Crippen LogP contribution in [-0.2, 0) is 22.3 Å². The largest absolute Gasteiger partial charge is 0.461 e. The molecule has 33 heavy (non-hydrogen) atoms. The van der Waals surface area contributed by atoms with Crippen LogP contribution in [0, 0.1) is 11.6 Å². The fraction of sp³-hybridized carbons (Fsp3) is 0.381. The summed E-state index contributed by atoms with van der Waals surface area (Å²) in [5.41, 5.74) is 1.50. The Kier molecular flexibility index (Phi) is 11.8. The predicted octanol–water partition coefficient (Wildman–Crippen LogP) is 4.75. The number of nitrogens with two attached hydrogens (primary N) is 1. The van der Waals surface area contributed by atoms with Crippen LogP contribution < -0.4 is 11.1 Å². The topological polar surface area (TPSA) is 103 Å². The van der Waals surface area contributed by atoms with Crippen molar-refractivity contribution in [2.75, 3.05) is 11.9 Å². The van der Waals surface area contributed by atoms with E-state index in [0.29, 0.717) is 12.1 Å².